The molecule has 2 unspecified atom stereocenters. The highest BCUT2D eigenvalue weighted by molar-refractivity contribution is 8.00. The van der Waals surface area contributed by atoms with Gasteiger partial charge in [0.15, 0.2) is 17.1 Å². The van der Waals surface area contributed by atoms with E-state index in [2.05, 4.69) is 51.7 Å². The number of aryl methyl sites for hydroxylation is 1. The zero-order chi connectivity index (χ0) is 25.7. The summed E-state index contributed by atoms with van der Waals surface area (Å²) in [4.78, 5) is 12.8. The molecule has 2 heterocycles. The van der Waals surface area contributed by atoms with Crippen LogP contribution < -0.4 is 10.1 Å². The van der Waals surface area contributed by atoms with Gasteiger partial charge in [-0.05, 0) is 56.0 Å². The molecule has 10 heteroatoms. The van der Waals surface area contributed by atoms with Crippen molar-refractivity contribution in [1.82, 2.24) is 25.0 Å². The van der Waals surface area contributed by atoms with Crippen molar-refractivity contribution >= 4 is 34.1 Å². The molecule has 0 bridgehead atoms. The van der Waals surface area contributed by atoms with Gasteiger partial charge in [0.25, 0.3) is 0 Å². The molecule has 0 aliphatic rings. The van der Waals surface area contributed by atoms with Gasteiger partial charge >= 0.3 is 0 Å². The summed E-state index contributed by atoms with van der Waals surface area (Å²) in [7, 11) is 0. The van der Waals surface area contributed by atoms with Crippen LogP contribution in [0.5, 0.6) is 5.75 Å². The van der Waals surface area contributed by atoms with Gasteiger partial charge in [-0.25, -0.2) is 0 Å². The fourth-order valence-corrected chi connectivity index (χ4v) is 5.05. The van der Waals surface area contributed by atoms with Gasteiger partial charge in [0.2, 0.25) is 11.0 Å². The minimum atomic E-state index is -0.432. The van der Waals surface area contributed by atoms with Crippen LogP contribution >= 0.6 is 23.1 Å². The highest BCUT2D eigenvalue weighted by Gasteiger charge is 2.25. The first kappa shape index (κ1) is 25.8. The van der Waals surface area contributed by atoms with E-state index in [1.807, 2.05) is 67.8 Å². The Morgan fingerprint density at radius 1 is 1.00 bits per heavy atom. The van der Waals surface area contributed by atoms with Crippen LogP contribution in [0.1, 0.15) is 63.0 Å². The molecule has 0 saturated heterocycles. The average Bonchev–Trinajstić information content (AvgIpc) is 3.51. The first-order valence-corrected chi connectivity index (χ1v) is 13.6. The standard InChI is InChI=1S/C26H30N6O2S2/c1-6-22-28-30-25(36-22)27-24(33)18(5)35-26-31-29-23(32(26)20-10-8-7-9-11-20)17(4)34-21-14-12-19(13-15-21)16(2)3/h7-18H,6H2,1-5H3,(H,27,30,33). The van der Waals surface area contributed by atoms with Crippen LogP contribution in [0.25, 0.3) is 5.69 Å². The third-order valence-corrected chi connectivity index (χ3v) is 7.57. The highest BCUT2D eigenvalue weighted by Crippen LogP contribution is 2.31. The minimum Gasteiger partial charge on any atom is -0.483 e. The van der Waals surface area contributed by atoms with Crippen LogP contribution in [-0.4, -0.2) is 36.1 Å². The second kappa shape index (κ2) is 11.7. The number of hydrogen-bond donors (Lipinski definition) is 1. The summed E-state index contributed by atoms with van der Waals surface area (Å²) in [5, 5.41) is 21.4. The fourth-order valence-electron chi connectivity index (χ4n) is 3.49. The zero-order valence-corrected chi connectivity index (χ0v) is 22.6. The van der Waals surface area contributed by atoms with E-state index < -0.39 is 5.25 Å². The molecule has 8 nitrogen and oxygen atoms in total. The van der Waals surface area contributed by atoms with E-state index in [1.165, 1.54) is 28.7 Å². The van der Waals surface area contributed by atoms with Crippen LogP contribution in [0, 0.1) is 0 Å². The lowest BCUT2D eigenvalue weighted by Crippen LogP contribution is -2.23. The molecule has 36 heavy (non-hydrogen) atoms. The van der Waals surface area contributed by atoms with Gasteiger partial charge in [-0.1, -0.05) is 74.2 Å². The molecular weight excluding hydrogens is 492 g/mol. The van der Waals surface area contributed by atoms with Crippen molar-refractivity contribution in [3.8, 4) is 11.4 Å². The number of rotatable bonds is 10. The summed E-state index contributed by atoms with van der Waals surface area (Å²) in [6.07, 6.45) is 0.415. The van der Waals surface area contributed by atoms with E-state index in [1.54, 1.807) is 0 Å². The lowest BCUT2D eigenvalue weighted by Gasteiger charge is -2.18. The van der Waals surface area contributed by atoms with E-state index in [9.17, 15) is 4.79 Å². The molecule has 0 spiro atoms. The lowest BCUT2D eigenvalue weighted by atomic mass is 10.0. The summed E-state index contributed by atoms with van der Waals surface area (Å²) < 4.78 is 8.18. The first-order chi connectivity index (χ1) is 17.4. The number of carbonyl (C=O) groups is 1. The van der Waals surface area contributed by atoms with Crippen molar-refractivity contribution in [3.05, 3.63) is 71.0 Å². The third-order valence-electron chi connectivity index (χ3n) is 5.55. The number of carbonyl (C=O) groups excluding carboxylic acids is 1. The topological polar surface area (TPSA) is 94.8 Å². The molecule has 4 rings (SSSR count). The molecule has 2 atom stereocenters. The van der Waals surface area contributed by atoms with Crippen molar-refractivity contribution < 1.29 is 9.53 Å². The maximum Gasteiger partial charge on any atom is 0.239 e. The third kappa shape index (κ3) is 6.11. The Balaban J connectivity index is 1.55. The van der Waals surface area contributed by atoms with Crippen molar-refractivity contribution in [2.24, 2.45) is 0 Å². The van der Waals surface area contributed by atoms with Gasteiger partial charge in [0.05, 0.1) is 5.25 Å². The second-order valence-electron chi connectivity index (χ2n) is 8.60. The summed E-state index contributed by atoms with van der Waals surface area (Å²) in [6.45, 7) is 10.1. The summed E-state index contributed by atoms with van der Waals surface area (Å²) in [5.41, 5.74) is 2.16. The van der Waals surface area contributed by atoms with Gasteiger partial charge in [-0.2, -0.15) is 0 Å². The predicted molar refractivity (Wildman–Crippen MR) is 144 cm³/mol. The van der Waals surface area contributed by atoms with E-state index >= 15 is 0 Å². The maximum atomic E-state index is 12.8. The van der Waals surface area contributed by atoms with E-state index in [-0.39, 0.29) is 12.0 Å². The molecule has 0 fully saturated rings. The molecule has 0 radical (unpaired) electrons. The fraction of sp³-hybridized carbons (Fsp3) is 0.346. The number of anilines is 1. The monoisotopic (exact) mass is 522 g/mol. The Bertz CT molecular complexity index is 1290. The quantitative estimate of drug-likeness (QED) is 0.253. The Morgan fingerprint density at radius 3 is 2.36 bits per heavy atom. The van der Waals surface area contributed by atoms with Gasteiger partial charge in [-0.3, -0.25) is 14.7 Å². The van der Waals surface area contributed by atoms with Crippen molar-refractivity contribution in [3.63, 3.8) is 0 Å². The van der Waals surface area contributed by atoms with E-state index in [0.717, 1.165) is 22.9 Å². The number of nitrogens with one attached hydrogen (secondary N) is 1. The lowest BCUT2D eigenvalue weighted by molar-refractivity contribution is -0.115. The Hall–Kier alpha value is -3.24. The zero-order valence-electron chi connectivity index (χ0n) is 21.0. The normalized spacial score (nSPS) is 12.9. The van der Waals surface area contributed by atoms with E-state index in [0.29, 0.717) is 22.0 Å². The van der Waals surface area contributed by atoms with Crippen molar-refractivity contribution in [2.45, 2.75) is 63.5 Å². The predicted octanol–water partition coefficient (Wildman–Crippen LogP) is 6.06. The van der Waals surface area contributed by atoms with Gasteiger partial charge in [0.1, 0.15) is 10.8 Å². The van der Waals surface area contributed by atoms with Crippen LogP contribution in [0.2, 0.25) is 0 Å². The number of benzene rings is 2. The Kier molecular flexibility index (Phi) is 8.37. The van der Waals surface area contributed by atoms with Crippen molar-refractivity contribution in [1.29, 1.82) is 0 Å². The molecule has 1 amide bonds. The number of thioether (sulfide) groups is 1. The molecule has 0 saturated carbocycles. The van der Waals surface area contributed by atoms with Crippen LogP contribution in [-0.2, 0) is 11.2 Å². The number of para-hydroxylation sites is 1. The minimum absolute atomic E-state index is 0.169. The second-order valence-corrected chi connectivity index (χ2v) is 11.0. The highest BCUT2D eigenvalue weighted by atomic mass is 32.2. The molecule has 4 aromatic rings. The van der Waals surface area contributed by atoms with Crippen molar-refractivity contribution in [2.75, 3.05) is 5.32 Å². The summed E-state index contributed by atoms with van der Waals surface area (Å²) >= 11 is 2.72. The van der Waals surface area contributed by atoms with E-state index in [4.69, 9.17) is 4.74 Å². The summed E-state index contributed by atoms with van der Waals surface area (Å²) in [5.74, 6) is 1.70. The molecule has 0 aliphatic carbocycles. The SMILES string of the molecule is CCc1nnc(NC(=O)C(C)Sc2nnc(C(C)Oc3ccc(C(C)C)cc3)n2-c2ccccc2)s1. The van der Waals surface area contributed by atoms with Gasteiger partial charge in [0, 0.05) is 5.69 Å². The van der Waals surface area contributed by atoms with Crippen LogP contribution in [0.15, 0.2) is 59.8 Å². The summed E-state index contributed by atoms with van der Waals surface area (Å²) in [6, 6.07) is 18.0. The average molecular weight is 523 g/mol. The molecular formula is C26H30N6O2S2. The number of aromatic nitrogens is 5. The Morgan fingerprint density at radius 2 is 1.72 bits per heavy atom. The maximum absolute atomic E-state index is 12.8. The number of ether oxygens (including phenoxy) is 1. The first-order valence-electron chi connectivity index (χ1n) is 11.9. The molecule has 2 aromatic carbocycles. The smallest absolute Gasteiger partial charge is 0.239 e. The van der Waals surface area contributed by atoms with Gasteiger partial charge in [-0.15, -0.1) is 20.4 Å². The number of amides is 1. The molecule has 0 aliphatic heterocycles. The number of nitrogens with zero attached hydrogens (tertiary/aromatic N) is 5. The molecule has 188 valence electrons. The van der Waals surface area contributed by atoms with Crippen LogP contribution in [0.4, 0.5) is 5.13 Å². The molecule has 1 N–H and O–H groups in total. The number of hydrogen-bond acceptors (Lipinski definition) is 8. The Labute approximate surface area is 219 Å². The molecule has 2 aromatic heterocycles. The van der Waals surface area contributed by atoms with Gasteiger partial charge < -0.3 is 4.74 Å². The van der Waals surface area contributed by atoms with Crippen LogP contribution in [0.3, 0.4) is 0 Å². The largest absolute Gasteiger partial charge is 0.483 e.